The van der Waals surface area contributed by atoms with Gasteiger partial charge in [-0.1, -0.05) is 0 Å². The van der Waals surface area contributed by atoms with Crippen LogP contribution in [0.25, 0.3) is 0 Å². The van der Waals surface area contributed by atoms with Gasteiger partial charge in [0.1, 0.15) is 12.2 Å². The second-order valence-electron chi connectivity index (χ2n) is 5.54. The van der Waals surface area contributed by atoms with E-state index in [-0.39, 0.29) is 0 Å². The van der Waals surface area contributed by atoms with Crippen molar-refractivity contribution in [2.45, 2.75) is 18.6 Å². The quantitative estimate of drug-likeness (QED) is 0.659. The summed E-state index contributed by atoms with van der Waals surface area (Å²) in [5.41, 5.74) is -4.17. The predicted molar refractivity (Wildman–Crippen MR) is 77.2 cm³/mol. The third-order valence-electron chi connectivity index (χ3n) is 3.98. The largest absolute Gasteiger partial charge is 0.417 e. The number of amides is 3. The zero-order valence-corrected chi connectivity index (χ0v) is 13.0. The van der Waals surface area contributed by atoms with E-state index in [1.54, 1.807) is 0 Å². The predicted octanol–water partition coefficient (Wildman–Crippen LogP) is 2.07. The second kappa shape index (κ2) is 6.33. The average molecular weight is 359 g/mol. The summed E-state index contributed by atoms with van der Waals surface area (Å²) in [7, 11) is 0. The number of aliphatic hydroxyl groups excluding tert-OH is 1. The molecule has 1 fully saturated rings. The fourth-order valence-corrected chi connectivity index (χ4v) is 2.59. The Morgan fingerprint density at radius 1 is 1.32 bits per heavy atom. The third kappa shape index (κ3) is 2.91. The smallest absolute Gasteiger partial charge is 0.393 e. The van der Waals surface area contributed by atoms with E-state index in [1.807, 2.05) is 0 Å². The van der Waals surface area contributed by atoms with Crippen LogP contribution in [0, 0.1) is 11.3 Å². The van der Waals surface area contributed by atoms with Gasteiger partial charge in [0.25, 0.3) is 5.91 Å². The Balaban J connectivity index is 2.57. The summed E-state index contributed by atoms with van der Waals surface area (Å²) >= 11 is 0. The third-order valence-corrected chi connectivity index (χ3v) is 3.98. The molecule has 2 rings (SSSR count). The molecule has 1 saturated heterocycles. The van der Waals surface area contributed by atoms with Crippen molar-refractivity contribution in [3.05, 3.63) is 29.3 Å². The van der Waals surface area contributed by atoms with E-state index in [9.17, 15) is 32.3 Å². The van der Waals surface area contributed by atoms with Gasteiger partial charge in [-0.05, 0) is 25.1 Å². The molecular weight excluding hydrogens is 346 g/mol. The minimum Gasteiger partial charge on any atom is -0.393 e. The molecule has 1 N–H and O–H groups in total. The van der Waals surface area contributed by atoms with Gasteiger partial charge in [-0.2, -0.15) is 18.4 Å². The van der Waals surface area contributed by atoms with Crippen LogP contribution >= 0.6 is 0 Å². The Labute approximate surface area is 139 Å². The fraction of sp³-hybridized carbons (Fsp3) is 0.400. The highest BCUT2D eigenvalue weighted by molar-refractivity contribution is 6.23. The molecule has 1 aliphatic rings. The monoisotopic (exact) mass is 359 g/mol. The Morgan fingerprint density at radius 2 is 1.96 bits per heavy atom. The van der Waals surface area contributed by atoms with Crippen LogP contribution in [0.1, 0.15) is 18.1 Å². The molecule has 0 bridgehead atoms. The molecule has 1 heterocycles. The van der Waals surface area contributed by atoms with E-state index in [1.165, 1.54) is 13.0 Å². The maximum atomic E-state index is 13.1. The maximum Gasteiger partial charge on any atom is 0.417 e. The van der Waals surface area contributed by atoms with Crippen molar-refractivity contribution in [3.8, 4) is 6.07 Å². The molecule has 1 atom stereocenters. The lowest BCUT2D eigenvalue weighted by Crippen LogP contribution is -2.50. The molecule has 10 heteroatoms. The van der Waals surface area contributed by atoms with E-state index >= 15 is 0 Å². The summed E-state index contributed by atoms with van der Waals surface area (Å²) in [6.07, 6.45) is -4.87. The summed E-state index contributed by atoms with van der Waals surface area (Å²) in [5, 5.41) is 18.2. The highest BCUT2D eigenvalue weighted by Gasteiger charge is 2.54. The topological polar surface area (TPSA) is 84.6 Å². The number of hydrogen-bond donors (Lipinski definition) is 1. The highest BCUT2D eigenvalue weighted by Crippen LogP contribution is 2.37. The number of nitriles is 1. The Hall–Kier alpha value is -2.67. The summed E-state index contributed by atoms with van der Waals surface area (Å²) in [6.45, 7) is -1.13. The molecule has 134 valence electrons. The molecule has 0 aromatic heterocycles. The maximum absolute atomic E-state index is 13.1. The lowest BCUT2D eigenvalue weighted by molar-refractivity contribution is -0.137. The molecule has 1 aromatic rings. The van der Waals surface area contributed by atoms with Gasteiger partial charge in [0.2, 0.25) is 0 Å². The van der Waals surface area contributed by atoms with E-state index in [0.29, 0.717) is 11.0 Å². The van der Waals surface area contributed by atoms with Gasteiger partial charge in [-0.25, -0.2) is 14.1 Å². The molecule has 0 saturated carbocycles. The molecule has 0 spiro atoms. The first kappa shape index (κ1) is 18.7. The number of aliphatic hydroxyl groups is 1. The average Bonchev–Trinajstić information content (AvgIpc) is 2.75. The first-order valence-electron chi connectivity index (χ1n) is 7.06. The lowest BCUT2D eigenvalue weighted by atomic mass is 10.0. The Kier molecular flexibility index (Phi) is 4.72. The van der Waals surface area contributed by atoms with Gasteiger partial charge in [0.05, 0.1) is 36.0 Å². The normalized spacial score (nSPS) is 21.0. The van der Waals surface area contributed by atoms with E-state index in [4.69, 9.17) is 5.26 Å². The van der Waals surface area contributed by atoms with Crippen LogP contribution in [-0.4, -0.2) is 47.3 Å². The molecule has 25 heavy (non-hydrogen) atoms. The molecule has 1 unspecified atom stereocenters. The number of hydrogen-bond acceptors (Lipinski definition) is 4. The number of urea groups is 1. The zero-order valence-electron chi connectivity index (χ0n) is 13.0. The number of halogens is 4. The van der Waals surface area contributed by atoms with Crippen molar-refractivity contribution >= 4 is 17.6 Å². The molecule has 1 aliphatic heterocycles. The minimum atomic E-state index is -4.87. The first-order chi connectivity index (χ1) is 11.6. The number of imide groups is 1. The van der Waals surface area contributed by atoms with Gasteiger partial charge in [0, 0.05) is 0 Å². The standard InChI is InChI=1S/C15H13F4N3O3/c1-14(8-23)12(24)22(13(25)21(14)5-4-16)10-3-2-9(7-20)11(6-10)15(17,18)19/h2-3,6,23H,4-5,8H2,1H3. The molecule has 3 amide bonds. The minimum absolute atomic E-state index is 0.414. The number of rotatable bonds is 4. The Bertz CT molecular complexity index is 759. The second-order valence-corrected chi connectivity index (χ2v) is 5.54. The number of carbonyl (C=O) groups excluding carboxylic acids is 2. The number of nitrogens with zero attached hydrogens (tertiary/aromatic N) is 3. The molecule has 0 aliphatic carbocycles. The van der Waals surface area contributed by atoms with Gasteiger partial charge < -0.3 is 10.0 Å². The van der Waals surface area contributed by atoms with E-state index in [2.05, 4.69) is 0 Å². The molecule has 0 radical (unpaired) electrons. The SMILES string of the molecule is CC1(CO)C(=O)N(c2ccc(C#N)c(C(F)(F)F)c2)C(=O)N1CCF. The van der Waals surface area contributed by atoms with Crippen LogP contribution in [0.5, 0.6) is 0 Å². The molecular formula is C15H13F4N3O3. The number of carbonyl (C=O) groups is 2. The highest BCUT2D eigenvalue weighted by atomic mass is 19.4. The lowest BCUT2D eigenvalue weighted by Gasteiger charge is -2.28. The number of anilines is 1. The fourth-order valence-electron chi connectivity index (χ4n) is 2.59. The van der Waals surface area contributed by atoms with Crippen molar-refractivity contribution in [2.24, 2.45) is 0 Å². The van der Waals surface area contributed by atoms with Crippen molar-refractivity contribution in [3.63, 3.8) is 0 Å². The molecule has 1 aromatic carbocycles. The van der Waals surface area contributed by atoms with Crippen LogP contribution in [0.15, 0.2) is 18.2 Å². The summed E-state index contributed by atoms with van der Waals surface area (Å²) in [4.78, 5) is 26.1. The van der Waals surface area contributed by atoms with Crippen LogP contribution in [0.4, 0.5) is 28.0 Å². The van der Waals surface area contributed by atoms with E-state index < -0.39 is 60.3 Å². The van der Waals surface area contributed by atoms with Crippen molar-refractivity contribution in [1.82, 2.24) is 4.90 Å². The summed E-state index contributed by atoms with van der Waals surface area (Å²) in [6, 6.07) is 2.71. The zero-order chi connectivity index (χ0) is 19.0. The number of alkyl halides is 4. The summed E-state index contributed by atoms with van der Waals surface area (Å²) < 4.78 is 51.9. The van der Waals surface area contributed by atoms with Gasteiger partial charge in [-0.15, -0.1) is 0 Å². The van der Waals surface area contributed by atoms with Crippen LogP contribution in [-0.2, 0) is 11.0 Å². The Morgan fingerprint density at radius 3 is 2.44 bits per heavy atom. The van der Waals surface area contributed by atoms with Gasteiger partial charge in [0.15, 0.2) is 0 Å². The van der Waals surface area contributed by atoms with Crippen LogP contribution < -0.4 is 4.90 Å². The van der Waals surface area contributed by atoms with Crippen molar-refractivity contribution in [2.75, 3.05) is 24.7 Å². The number of benzene rings is 1. The van der Waals surface area contributed by atoms with Crippen molar-refractivity contribution in [1.29, 1.82) is 5.26 Å². The van der Waals surface area contributed by atoms with Gasteiger partial charge in [-0.3, -0.25) is 4.79 Å². The van der Waals surface area contributed by atoms with Gasteiger partial charge >= 0.3 is 12.2 Å². The summed E-state index contributed by atoms with van der Waals surface area (Å²) in [5.74, 6) is -0.980. The van der Waals surface area contributed by atoms with E-state index in [0.717, 1.165) is 17.0 Å². The molecule has 6 nitrogen and oxygen atoms in total. The van der Waals surface area contributed by atoms with Crippen LogP contribution in [0.3, 0.4) is 0 Å². The van der Waals surface area contributed by atoms with Crippen LogP contribution in [0.2, 0.25) is 0 Å². The van der Waals surface area contributed by atoms with Crippen molar-refractivity contribution < 1.29 is 32.3 Å². The first-order valence-corrected chi connectivity index (χ1v) is 7.06.